The minimum Gasteiger partial charge on any atom is -0.477 e. The van der Waals surface area contributed by atoms with Crippen LogP contribution >= 0.6 is 11.8 Å². The molecule has 2 rings (SSSR count). The zero-order valence-corrected chi connectivity index (χ0v) is 13.7. The molecule has 120 valence electrons. The molecule has 1 atom stereocenters. The van der Waals surface area contributed by atoms with Gasteiger partial charge in [0.1, 0.15) is 5.69 Å². The van der Waals surface area contributed by atoms with Gasteiger partial charge in [-0.3, -0.25) is 0 Å². The van der Waals surface area contributed by atoms with Crippen LogP contribution in [0.15, 0.2) is 35.6 Å². The van der Waals surface area contributed by atoms with Gasteiger partial charge < -0.3 is 14.8 Å². The maximum absolute atomic E-state index is 11.1. The standard InChI is InChI=1S/C16H17N3O3S/c1-3-19-13(14(20)21)9-18-15(19)23-10-16(2,22)12-6-4-11(8-17)5-7-12/h4-7,9,22H,3,10H2,1-2H3,(H,20,21). The molecule has 1 heterocycles. The van der Waals surface area contributed by atoms with Crippen LogP contribution in [0.3, 0.4) is 0 Å². The van der Waals surface area contributed by atoms with Crippen LogP contribution in [0.5, 0.6) is 0 Å². The monoisotopic (exact) mass is 331 g/mol. The van der Waals surface area contributed by atoms with Crippen molar-refractivity contribution < 1.29 is 15.0 Å². The highest BCUT2D eigenvalue weighted by atomic mass is 32.2. The molecule has 0 spiro atoms. The molecule has 7 heteroatoms. The van der Waals surface area contributed by atoms with Crippen molar-refractivity contribution in [3.63, 3.8) is 0 Å². The first-order valence-corrected chi connectivity index (χ1v) is 8.02. The quantitative estimate of drug-likeness (QED) is 0.789. The average Bonchev–Trinajstić information content (AvgIpc) is 2.96. The second kappa shape index (κ2) is 6.86. The molecule has 2 aromatic rings. The number of rotatable bonds is 6. The zero-order chi connectivity index (χ0) is 17.0. The number of carboxylic acid groups (broad SMARTS) is 1. The van der Waals surface area contributed by atoms with E-state index in [4.69, 9.17) is 10.4 Å². The van der Waals surface area contributed by atoms with Crippen LogP contribution in [0, 0.1) is 11.3 Å². The average molecular weight is 331 g/mol. The number of aliphatic hydroxyl groups is 1. The minimum atomic E-state index is -1.12. The molecular weight excluding hydrogens is 314 g/mol. The van der Waals surface area contributed by atoms with Crippen molar-refractivity contribution in [3.8, 4) is 6.07 Å². The number of imidazole rings is 1. The Hall–Kier alpha value is -2.30. The molecule has 1 aromatic heterocycles. The van der Waals surface area contributed by atoms with E-state index in [9.17, 15) is 9.90 Å². The maximum atomic E-state index is 11.1. The van der Waals surface area contributed by atoms with Gasteiger partial charge in [0.2, 0.25) is 0 Å². The summed E-state index contributed by atoms with van der Waals surface area (Å²) in [5, 5.41) is 29.1. The Kier molecular flexibility index (Phi) is 5.08. The summed E-state index contributed by atoms with van der Waals surface area (Å²) in [6, 6.07) is 8.78. The Morgan fingerprint density at radius 3 is 2.61 bits per heavy atom. The predicted molar refractivity (Wildman–Crippen MR) is 86.3 cm³/mol. The number of aromatic nitrogens is 2. The molecule has 1 unspecified atom stereocenters. The molecule has 0 radical (unpaired) electrons. The lowest BCUT2D eigenvalue weighted by molar-refractivity contribution is 0.0684. The summed E-state index contributed by atoms with van der Waals surface area (Å²) in [6.45, 7) is 4.01. The molecule has 0 aliphatic carbocycles. The summed E-state index contributed by atoms with van der Waals surface area (Å²) in [6.07, 6.45) is 1.32. The molecule has 6 nitrogen and oxygen atoms in total. The van der Waals surface area contributed by atoms with E-state index in [-0.39, 0.29) is 5.69 Å². The summed E-state index contributed by atoms with van der Waals surface area (Å²) >= 11 is 1.30. The van der Waals surface area contributed by atoms with Crippen molar-refractivity contribution in [2.45, 2.75) is 31.1 Å². The maximum Gasteiger partial charge on any atom is 0.354 e. The summed E-state index contributed by atoms with van der Waals surface area (Å²) < 4.78 is 1.60. The van der Waals surface area contributed by atoms with Crippen molar-refractivity contribution >= 4 is 17.7 Å². The number of hydrogen-bond donors (Lipinski definition) is 2. The number of carbonyl (C=O) groups is 1. The molecule has 1 aromatic carbocycles. The van der Waals surface area contributed by atoms with Gasteiger partial charge in [-0.25, -0.2) is 9.78 Å². The van der Waals surface area contributed by atoms with Crippen LogP contribution in [0.4, 0.5) is 0 Å². The summed E-state index contributed by atoms with van der Waals surface area (Å²) in [5.74, 6) is -0.709. The van der Waals surface area contributed by atoms with E-state index in [0.29, 0.717) is 28.6 Å². The molecule has 0 saturated carbocycles. The fraction of sp³-hybridized carbons (Fsp3) is 0.312. The van der Waals surface area contributed by atoms with Crippen LogP contribution in [0.1, 0.15) is 35.5 Å². The van der Waals surface area contributed by atoms with Crippen LogP contribution in [0.25, 0.3) is 0 Å². The first kappa shape index (κ1) is 17.1. The number of benzene rings is 1. The number of nitrogens with zero attached hydrogens (tertiary/aromatic N) is 3. The van der Waals surface area contributed by atoms with Gasteiger partial charge in [-0.2, -0.15) is 5.26 Å². The van der Waals surface area contributed by atoms with E-state index in [1.807, 2.05) is 13.0 Å². The van der Waals surface area contributed by atoms with Crippen molar-refractivity contribution in [1.82, 2.24) is 9.55 Å². The van der Waals surface area contributed by atoms with Crippen LogP contribution < -0.4 is 0 Å². The highest BCUT2D eigenvalue weighted by Crippen LogP contribution is 2.29. The van der Waals surface area contributed by atoms with Gasteiger partial charge in [-0.05, 0) is 31.5 Å². The molecule has 0 amide bonds. The van der Waals surface area contributed by atoms with Crippen molar-refractivity contribution in [2.75, 3.05) is 5.75 Å². The largest absolute Gasteiger partial charge is 0.477 e. The third-order valence-electron chi connectivity index (χ3n) is 3.47. The molecule has 23 heavy (non-hydrogen) atoms. The molecular formula is C16H17N3O3S. The van der Waals surface area contributed by atoms with E-state index in [2.05, 4.69) is 4.98 Å². The third kappa shape index (κ3) is 3.73. The fourth-order valence-electron chi connectivity index (χ4n) is 2.14. The number of carboxylic acids is 1. The Bertz CT molecular complexity index is 745. The number of thioether (sulfide) groups is 1. The number of hydrogen-bond acceptors (Lipinski definition) is 5. The highest BCUT2D eigenvalue weighted by molar-refractivity contribution is 7.99. The number of nitriles is 1. The van der Waals surface area contributed by atoms with Gasteiger partial charge in [-0.15, -0.1) is 0 Å². The molecule has 0 bridgehead atoms. The second-order valence-corrected chi connectivity index (χ2v) is 6.17. The minimum absolute atomic E-state index is 0.132. The second-order valence-electron chi connectivity index (χ2n) is 5.23. The predicted octanol–water partition coefficient (Wildman–Crippen LogP) is 2.47. The Balaban J connectivity index is 2.15. The number of aromatic carboxylic acids is 1. The van der Waals surface area contributed by atoms with Gasteiger partial charge in [0, 0.05) is 12.3 Å². The zero-order valence-electron chi connectivity index (χ0n) is 12.9. The summed E-state index contributed by atoms with van der Waals surface area (Å²) in [5.41, 5.74) is 0.238. The van der Waals surface area contributed by atoms with Gasteiger partial charge in [0.25, 0.3) is 0 Å². The van der Waals surface area contributed by atoms with Crippen molar-refractivity contribution in [3.05, 3.63) is 47.3 Å². The smallest absolute Gasteiger partial charge is 0.354 e. The molecule has 0 aliphatic rings. The molecule has 2 N–H and O–H groups in total. The Morgan fingerprint density at radius 1 is 1.43 bits per heavy atom. The third-order valence-corrected chi connectivity index (χ3v) is 4.76. The van der Waals surface area contributed by atoms with Crippen molar-refractivity contribution in [2.24, 2.45) is 0 Å². The molecule has 0 fully saturated rings. The fourth-order valence-corrected chi connectivity index (χ4v) is 3.23. The van der Waals surface area contributed by atoms with Gasteiger partial charge in [-0.1, -0.05) is 23.9 Å². The van der Waals surface area contributed by atoms with E-state index in [0.717, 1.165) is 0 Å². The van der Waals surface area contributed by atoms with Crippen molar-refractivity contribution in [1.29, 1.82) is 5.26 Å². The Morgan fingerprint density at radius 2 is 2.09 bits per heavy atom. The summed E-state index contributed by atoms with van der Waals surface area (Å²) in [7, 11) is 0. The van der Waals surface area contributed by atoms with E-state index >= 15 is 0 Å². The van der Waals surface area contributed by atoms with Crippen LogP contribution in [0.2, 0.25) is 0 Å². The lowest BCUT2D eigenvalue weighted by atomic mass is 9.97. The highest BCUT2D eigenvalue weighted by Gasteiger charge is 2.25. The first-order valence-electron chi connectivity index (χ1n) is 7.03. The SMILES string of the molecule is CCn1c(C(=O)O)cnc1SCC(C)(O)c1ccc(C#N)cc1. The van der Waals surface area contributed by atoms with E-state index in [1.165, 1.54) is 18.0 Å². The van der Waals surface area contributed by atoms with Crippen LogP contribution in [-0.2, 0) is 12.1 Å². The lowest BCUT2D eigenvalue weighted by Crippen LogP contribution is -2.24. The van der Waals surface area contributed by atoms with Gasteiger partial charge in [0.05, 0.1) is 23.4 Å². The molecule has 0 saturated heterocycles. The topological polar surface area (TPSA) is 99.1 Å². The first-order chi connectivity index (χ1) is 10.9. The normalized spacial score (nSPS) is 13.3. The lowest BCUT2D eigenvalue weighted by Gasteiger charge is -2.23. The van der Waals surface area contributed by atoms with Gasteiger partial charge >= 0.3 is 5.97 Å². The van der Waals surface area contributed by atoms with E-state index in [1.54, 1.807) is 35.8 Å². The van der Waals surface area contributed by atoms with E-state index < -0.39 is 11.6 Å². The summed E-state index contributed by atoms with van der Waals surface area (Å²) in [4.78, 5) is 15.3. The molecule has 0 aliphatic heterocycles. The van der Waals surface area contributed by atoms with Crippen LogP contribution in [-0.4, -0.2) is 31.5 Å². The Labute approximate surface area is 138 Å². The van der Waals surface area contributed by atoms with Gasteiger partial charge in [0.15, 0.2) is 5.16 Å².